The van der Waals surface area contributed by atoms with Gasteiger partial charge in [0.2, 0.25) is 0 Å². The zero-order valence-electron chi connectivity index (χ0n) is 9.91. The number of aromatic nitrogens is 2. The Morgan fingerprint density at radius 1 is 1.44 bits per heavy atom. The molecule has 2 rings (SSSR count). The molecule has 0 unspecified atom stereocenters. The Morgan fingerprint density at radius 3 is 2.72 bits per heavy atom. The number of aryl methyl sites for hydroxylation is 1. The zero-order chi connectivity index (χ0) is 13.3. The topological polar surface area (TPSA) is 78.0 Å². The maximum atomic E-state index is 12.0. The first-order valence-corrected chi connectivity index (χ1v) is 6.38. The van der Waals surface area contributed by atoms with Crippen LogP contribution in [0.5, 0.6) is 5.75 Å². The van der Waals surface area contributed by atoms with Gasteiger partial charge in [-0.05, 0) is 54.6 Å². The lowest BCUT2D eigenvalue weighted by Crippen LogP contribution is -2.12. The molecule has 18 heavy (non-hydrogen) atoms. The summed E-state index contributed by atoms with van der Waals surface area (Å²) in [5.74, 6) is 0.310. The number of nitrogens with zero attached hydrogens (tertiary/aromatic N) is 1. The van der Waals surface area contributed by atoms with Crippen LogP contribution in [0.1, 0.15) is 21.6 Å². The second-order valence-electron chi connectivity index (χ2n) is 3.94. The number of aromatic amines is 1. The van der Waals surface area contributed by atoms with Gasteiger partial charge in [-0.2, -0.15) is 5.10 Å². The first-order chi connectivity index (χ1) is 8.49. The van der Waals surface area contributed by atoms with Crippen LogP contribution in [0.15, 0.2) is 18.2 Å². The number of phenols is 1. The molecule has 1 amide bonds. The minimum Gasteiger partial charge on any atom is -0.507 e. The third-order valence-corrected chi connectivity index (χ3v) is 3.61. The molecule has 2 aromatic rings. The van der Waals surface area contributed by atoms with Crippen molar-refractivity contribution in [2.45, 2.75) is 13.8 Å². The number of nitrogens with one attached hydrogen (secondary N) is 2. The number of anilines is 1. The van der Waals surface area contributed by atoms with Gasteiger partial charge in [-0.25, -0.2) is 0 Å². The minimum absolute atomic E-state index is 0.0955. The summed E-state index contributed by atoms with van der Waals surface area (Å²) in [5, 5.41) is 19.1. The molecule has 0 aliphatic heterocycles. The molecule has 0 aliphatic rings. The number of carbonyl (C=O) groups excluding carboxylic acids is 1. The summed E-state index contributed by atoms with van der Waals surface area (Å²) in [4.78, 5) is 12.0. The first kappa shape index (κ1) is 12.9. The predicted molar refractivity (Wildman–Crippen MR) is 76.8 cm³/mol. The van der Waals surface area contributed by atoms with Crippen LogP contribution in [0.25, 0.3) is 0 Å². The maximum Gasteiger partial charge on any atom is 0.257 e. The number of rotatable bonds is 2. The van der Waals surface area contributed by atoms with Crippen molar-refractivity contribution >= 4 is 34.3 Å². The van der Waals surface area contributed by atoms with Crippen LogP contribution in [0.4, 0.5) is 5.82 Å². The summed E-state index contributed by atoms with van der Waals surface area (Å²) in [6.07, 6.45) is 0. The lowest BCUT2D eigenvalue weighted by Gasteiger charge is -2.04. The van der Waals surface area contributed by atoms with Crippen LogP contribution in [0, 0.1) is 17.4 Å². The fourth-order valence-corrected chi connectivity index (χ4v) is 1.78. The lowest BCUT2D eigenvalue weighted by atomic mass is 10.2. The molecular formula is C12H12IN3O2. The van der Waals surface area contributed by atoms with Crippen LogP contribution in [-0.4, -0.2) is 21.2 Å². The van der Waals surface area contributed by atoms with Crippen molar-refractivity contribution in [2.75, 3.05) is 5.32 Å². The van der Waals surface area contributed by atoms with Crippen molar-refractivity contribution in [1.82, 2.24) is 10.2 Å². The number of aromatic hydroxyl groups is 1. The molecule has 0 radical (unpaired) electrons. The highest BCUT2D eigenvalue weighted by Gasteiger charge is 2.12. The van der Waals surface area contributed by atoms with Crippen molar-refractivity contribution in [3.8, 4) is 5.75 Å². The molecule has 0 spiro atoms. The number of amides is 1. The molecule has 0 saturated heterocycles. The smallest absolute Gasteiger partial charge is 0.257 e. The highest BCUT2D eigenvalue weighted by atomic mass is 127. The van der Waals surface area contributed by atoms with E-state index in [4.69, 9.17) is 0 Å². The zero-order valence-corrected chi connectivity index (χ0v) is 12.1. The van der Waals surface area contributed by atoms with Gasteiger partial charge in [0.15, 0.2) is 5.82 Å². The van der Waals surface area contributed by atoms with Gasteiger partial charge in [-0.15, -0.1) is 0 Å². The number of hydrogen-bond acceptors (Lipinski definition) is 3. The Hall–Kier alpha value is -1.57. The Kier molecular flexibility index (Phi) is 3.55. The van der Waals surface area contributed by atoms with E-state index in [9.17, 15) is 9.90 Å². The van der Waals surface area contributed by atoms with Crippen LogP contribution in [0.3, 0.4) is 0 Å². The highest BCUT2D eigenvalue weighted by molar-refractivity contribution is 14.1. The first-order valence-electron chi connectivity index (χ1n) is 5.30. The molecule has 0 fully saturated rings. The Balaban J connectivity index is 2.22. The molecule has 3 N–H and O–H groups in total. The molecule has 0 saturated carbocycles. The van der Waals surface area contributed by atoms with E-state index < -0.39 is 0 Å². The third-order valence-electron chi connectivity index (χ3n) is 2.69. The quantitative estimate of drug-likeness (QED) is 0.723. The molecule has 0 bridgehead atoms. The normalized spacial score (nSPS) is 10.4. The van der Waals surface area contributed by atoms with Crippen molar-refractivity contribution < 1.29 is 9.90 Å². The third kappa shape index (κ3) is 2.47. The summed E-state index contributed by atoms with van der Waals surface area (Å²) in [6, 6.07) is 4.78. The monoisotopic (exact) mass is 357 g/mol. The van der Waals surface area contributed by atoms with E-state index in [1.807, 2.05) is 36.4 Å². The van der Waals surface area contributed by atoms with Gasteiger partial charge >= 0.3 is 0 Å². The van der Waals surface area contributed by atoms with E-state index in [0.29, 0.717) is 15.0 Å². The largest absolute Gasteiger partial charge is 0.507 e. The molecule has 5 nitrogen and oxygen atoms in total. The maximum absolute atomic E-state index is 12.0. The Labute approximate surface area is 118 Å². The van der Waals surface area contributed by atoms with Crippen molar-refractivity contribution in [3.05, 3.63) is 38.6 Å². The summed E-state index contributed by atoms with van der Waals surface area (Å²) < 4.78 is 0.705. The van der Waals surface area contributed by atoms with Gasteiger partial charge in [-0.1, -0.05) is 0 Å². The van der Waals surface area contributed by atoms with E-state index in [-0.39, 0.29) is 11.7 Å². The summed E-state index contributed by atoms with van der Waals surface area (Å²) >= 11 is 2.00. The van der Waals surface area contributed by atoms with Gasteiger partial charge in [0.25, 0.3) is 5.91 Å². The van der Waals surface area contributed by atoms with Gasteiger partial charge in [0.05, 0.1) is 3.57 Å². The van der Waals surface area contributed by atoms with Crippen LogP contribution in [0.2, 0.25) is 0 Å². The molecule has 94 valence electrons. The number of H-pyrrole nitrogens is 1. The lowest BCUT2D eigenvalue weighted by molar-refractivity contribution is 0.102. The van der Waals surface area contributed by atoms with Gasteiger partial charge in [0.1, 0.15) is 5.75 Å². The van der Waals surface area contributed by atoms with Crippen LogP contribution < -0.4 is 5.32 Å². The summed E-state index contributed by atoms with van der Waals surface area (Å²) in [7, 11) is 0. The second kappa shape index (κ2) is 4.97. The number of carbonyl (C=O) groups is 1. The number of phenolic OH excluding ortho intramolecular Hbond substituents is 1. The van der Waals surface area contributed by atoms with E-state index in [1.54, 1.807) is 12.1 Å². The minimum atomic E-state index is -0.295. The highest BCUT2D eigenvalue weighted by Crippen LogP contribution is 2.21. The van der Waals surface area contributed by atoms with E-state index in [1.165, 1.54) is 6.07 Å². The molecular weight excluding hydrogens is 345 g/mol. The number of benzene rings is 1. The standard InChI is InChI=1S/C12H12IN3O2/c1-6-7(2)15-16-11(6)14-12(18)8-3-4-9(13)10(17)5-8/h3-5,17H,1-2H3,(H2,14,15,16,18). The molecule has 1 aromatic carbocycles. The van der Waals surface area contributed by atoms with Crippen molar-refractivity contribution in [1.29, 1.82) is 0 Å². The fraction of sp³-hybridized carbons (Fsp3) is 0.167. The SMILES string of the molecule is Cc1[nH]nc(NC(=O)c2ccc(I)c(O)c2)c1C. The van der Waals surface area contributed by atoms with Crippen molar-refractivity contribution in [2.24, 2.45) is 0 Å². The average molecular weight is 357 g/mol. The Morgan fingerprint density at radius 2 is 2.17 bits per heavy atom. The summed E-state index contributed by atoms with van der Waals surface area (Å²) in [5.41, 5.74) is 2.21. The molecule has 0 aliphatic carbocycles. The Bertz CT molecular complexity index is 607. The predicted octanol–water partition coefficient (Wildman–Crippen LogP) is 2.59. The van der Waals surface area contributed by atoms with Crippen molar-refractivity contribution in [3.63, 3.8) is 0 Å². The molecule has 0 atom stereocenters. The fourth-order valence-electron chi connectivity index (χ4n) is 1.44. The van der Waals surface area contributed by atoms with E-state index in [0.717, 1.165) is 11.3 Å². The second-order valence-corrected chi connectivity index (χ2v) is 5.10. The molecule has 1 heterocycles. The van der Waals surface area contributed by atoms with E-state index in [2.05, 4.69) is 15.5 Å². The van der Waals surface area contributed by atoms with Crippen LogP contribution >= 0.6 is 22.6 Å². The molecule has 6 heteroatoms. The molecule has 1 aromatic heterocycles. The van der Waals surface area contributed by atoms with Gasteiger partial charge in [-0.3, -0.25) is 9.89 Å². The van der Waals surface area contributed by atoms with E-state index >= 15 is 0 Å². The van der Waals surface area contributed by atoms with Gasteiger partial charge in [0, 0.05) is 16.8 Å². The average Bonchev–Trinajstić information content (AvgIpc) is 2.64. The summed E-state index contributed by atoms with van der Waals surface area (Å²) in [6.45, 7) is 3.76. The number of halogens is 1. The number of hydrogen-bond donors (Lipinski definition) is 3. The van der Waals surface area contributed by atoms with Gasteiger partial charge < -0.3 is 10.4 Å². The van der Waals surface area contributed by atoms with Crippen LogP contribution in [-0.2, 0) is 0 Å².